The molecule has 1 aromatic heterocycles. The van der Waals surface area contributed by atoms with Gasteiger partial charge in [0.2, 0.25) is 5.91 Å². The van der Waals surface area contributed by atoms with Gasteiger partial charge in [0.05, 0.1) is 0 Å². The van der Waals surface area contributed by atoms with Crippen molar-refractivity contribution in [3.05, 3.63) is 41.3 Å². The molecule has 1 atom stereocenters. The van der Waals surface area contributed by atoms with E-state index in [0.717, 1.165) is 6.42 Å². The van der Waals surface area contributed by atoms with E-state index in [0.29, 0.717) is 18.9 Å². The molecule has 0 radical (unpaired) electrons. The zero-order valence-electron chi connectivity index (χ0n) is 16.7. The van der Waals surface area contributed by atoms with Crippen LogP contribution in [-0.2, 0) is 9.53 Å². The Morgan fingerprint density at radius 2 is 1.96 bits per heavy atom. The van der Waals surface area contributed by atoms with Crippen molar-refractivity contribution >= 4 is 17.7 Å². The molecule has 0 fully saturated rings. The fraction of sp³-hybridized carbons (Fsp3) is 0.550. The topological polar surface area (TPSA) is 89.4 Å². The standard InChI is InChI=1S/C20H31N3O4/c1-6-12-27-20(26)22-16-8-7-11-23(19(16)25)17(13-15(4)5)18(24)21-10-9-14(2)3/h6-8,11,14-15,17H,1,9-10,12-13H2,2-5H3,(H,21,24)(H,22,26)/t17-/m1/s1. The first-order chi connectivity index (χ1) is 12.8. The van der Waals surface area contributed by atoms with E-state index in [1.165, 1.54) is 16.7 Å². The average molecular weight is 377 g/mol. The molecular formula is C20H31N3O4. The molecule has 1 heterocycles. The number of amides is 2. The van der Waals surface area contributed by atoms with Crippen LogP contribution in [0.15, 0.2) is 35.8 Å². The number of pyridine rings is 1. The molecule has 0 bridgehead atoms. The third-order valence-electron chi connectivity index (χ3n) is 3.90. The van der Waals surface area contributed by atoms with E-state index in [9.17, 15) is 14.4 Å². The monoisotopic (exact) mass is 377 g/mol. The second-order valence-electron chi connectivity index (χ2n) is 7.27. The molecular weight excluding hydrogens is 346 g/mol. The fourth-order valence-corrected chi connectivity index (χ4v) is 2.53. The molecule has 2 N–H and O–H groups in total. The van der Waals surface area contributed by atoms with Gasteiger partial charge in [0.1, 0.15) is 18.3 Å². The Kier molecular flexibility index (Phi) is 9.33. The van der Waals surface area contributed by atoms with E-state index in [1.54, 1.807) is 12.3 Å². The highest BCUT2D eigenvalue weighted by molar-refractivity contribution is 5.84. The minimum atomic E-state index is -0.744. The molecule has 0 aliphatic heterocycles. The van der Waals surface area contributed by atoms with Crippen molar-refractivity contribution in [3.8, 4) is 0 Å². The van der Waals surface area contributed by atoms with Gasteiger partial charge in [-0.1, -0.05) is 40.3 Å². The molecule has 0 spiro atoms. The van der Waals surface area contributed by atoms with Crippen LogP contribution in [0.4, 0.5) is 10.5 Å². The maximum Gasteiger partial charge on any atom is 0.412 e. The highest BCUT2D eigenvalue weighted by atomic mass is 16.5. The number of hydrogen-bond acceptors (Lipinski definition) is 4. The number of rotatable bonds is 10. The zero-order chi connectivity index (χ0) is 20.4. The summed E-state index contributed by atoms with van der Waals surface area (Å²) in [5.74, 6) is 0.496. The number of anilines is 1. The fourth-order valence-electron chi connectivity index (χ4n) is 2.53. The van der Waals surface area contributed by atoms with E-state index >= 15 is 0 Å². The van der Waals surface area contributed by atoms with E-state index < -0.39 is 17.7 Å². The van der Waals surface area contributed by atoms with Crippen molar-refractivity contribution in [3.63, 3.8) is 0 Å². The Balaban J connectivity index is 3.02. The van der Waals surface area contributed by atoms with Gasteiger partial charge in [-0.3, -0.25) is 14.9 Å². The number of carbonyl (C=O) groups excluding carboxylic acids is 2. The molecule has 0 saturated carbocycles. The summed E-state index contributed by atoms with van der Waals surface area (Å²) in [5.41, 5.74) is -0.381. The lowest BCUT2D eigenvalue weighted by molar-refractivity contribution is -0.124. The summed E-state index contributed by atoms with van der Waals surface area (Å²) >= 11 is 0. The summed E-state index contributed by atoms with van der Waals surface area (Å²) in [6, 6.07) is 2.46. The van der Waals surface area contributed by atoms with Crippen LogP contribution >= 0.6 is 0 Å². The third-order valence-corrected chi connectivity index (χ3v) is 3.90. The predicted molar refractivity (Wildman–Crippen MR) is 107 cm³/mol. The molecule has 7 nitrogen and oxygen atoms in total. The smallest absolute Gasteiger partial charge is 0.412 e. The first-order valence-electron chi connectivity index (χ1n) is 9.29. The van der Waals surface area contributed by atoms with Crippen LogP contribution in [-0.4, -0.2) is 29.7 Å². The predicted octanol–water partition coefficient (Wildman–Crippen LogP) is 3.33. The van der Waals surface area contributed by atoms with Crippen LogP contribution in [0.5, 0.6) is 0 Å². The Morgan fingerprint density at radius 1 is 1.26 bits per heavy atom. The largest absolute Gasteiger partial charge is 0.445 e. The van der Waals surface area contributed by atoms with Gasteiger partial charge >= 0.3 is 6.09 Å². The van der Waals surface area contributed by atoms with Gasteiger partial charge in [0, 0.05) is 12.7 Å². The molecule has 0 aliphatic carbocycles. The Bertz CT molecular complexity index is 695. The van der Waals surface area contributed by atoms with Crippen molar-refractivity contribution in [2.24, 2.45) is 11.8 Å². The Labute approximate surface area is 160 Å². The number of ether oxygens (including phenoxy) is 1. The van der Waals surface area contributed by atoms with E-state index in [2.05, 4.69) is 31.1 Å². The van der Waals surface area contributed by atoms with Gasteiger partial charge in [0.25, 0.3) is 5.56 Å². The second-order valence-corrected chi connectivity index (χ2v) is 7.27. The lowest BCUT2D eigenvalue weighted by Crippen LogP contribution is -2.39. The summed E-state index contributed by atoms with van der Waals surface area (Å²) in [6.07, 6.45) is 3.64. The lowest BCUT2D eigenvalue weighted by atomic mass is 10.0. The maximum atomic E-state index is 12.8. The molecule has 0 aromatic carbocycles. The van der Waals surface area contributed by atoms with Crippen LogP contribution in [0.2, 0.25) is 0 Å². The molecule has 7 heteroatoms. The number of aromatic nitrogens is 1. The highest BCUT2D eigenvalue weighted by Crippen LogP contribution is 2.17. The Morgan fingerprint density at radius 3 is 2.56 bits per heavy atom. The van der Waals surface area contributed by atoms with E-state index in [4.69, 9.17) is 4.74 Å². The van der Waals surface area contributed by atoms with Gasteiger partial charge in [-0.05, 0) is 36.8 Å². The van der Waals surface area contributed by atoms with E-state index in [-0.39, 0.29) is 24.1 Å². The van der Waals surface area contributed by atoms with E-state index in [1.807, 2.05) is 13.8 Å². The van der Waals surface area contributed by atoms with Gasteiger partial charge in [-0.25, -0.2) is 4.79 Å². The zero-order valence-corrected chi connectivity index (χ0v) is 16.7. The van der Waals surface area contributed by atoms with Gasteiger partial charge in [-0.15, -0.1) is 0 Å². The molecule has 27 heavy (non-hydrogen) atoms. The van der Waals surface area contributed by atoms with Crippen LogP contribution in [0, 0.1) is 11.8 Å². The van der Waals surface area contributed by atoms with Crippen molar-refractivity contribution < 1.29 is 14.3 Å². The molecule has 0 aliphatic rings. The van der Waals surface area contributed by atoms with Crippen LogP contribution in [0.1, 0.15) is 46.6 Å². The third kappa shape index (κ3) is 7.68. The number of carbonyl (C=O) groups is 2. The lowest BCUT2D eigenvalue weighted by Gasteiger charge is -2.22. The molecule has 0 saturated heterocycles. The molecule has 1 rings (SSSR count). The summed E-state index contributed by atoms with van der Waals surface area (Å²) in [5, 5.41) is 5.33. The molecule has 150 valence electrons. The first kappa shape index (κ1) is 22.5. The summed E-state index contributed by atoms with van der Waals surface area (Å²) < 4.78 is 6.21. The van der Waals surface area contributed by atoms with Crippen molar-refractivity contribution in [1.29, 1.82) is 0 Å². The Hall–Kier alpha value is -2.57. The molecule has 0 unspecified atom stereocenters. The summed E-state index contributed by atoms with van der Waals surface area (Å²) in [6.45, 7) is 12.2. The normalized spacial score (nSPS) is 11.9. The SMILES string of the molecule is C=CCOC(=O)Nc1cccn([C@H](CC(C)C)C(=O)NCCC(C)C)c1=O. The van der Waals surface area contributed by atoms with Crippen LogP contribution in [0.3, 0.4) is 0 Å². The van der Waals surface area contributed by atoms with Gasteiger partial charge in [0.15, 0.2) is 0 Å². The maximum absolute atomic E-state index is 12.8. The quantitative estimate of drug-likeness (QED) is 0.612. The van der Waals surface area contributed by atoms with Crippen LogP contribution < -0.4 is 16.2 Å². The summed E-state index contributed by atoms with van der Waals surface area (Å²) in [7, 11) is 0. The average Bonchev–Trinajstić information content (AvgIpc) is 2.59. The molecule has 2 amide bonds. The minimum absolute atomic E-state index is 0.0427. The number of nitrogens with zero attached hydrogens (tertiary/aromatic N) is 1. The summed E-state index contributed by atoms with van der Waals surface area (Å²) in [4.78, 5) is 37.2. The minimum Gasteiger partial charge on any atom is -0.445 e. The second kappa shape index (κ2) is 11.2. The van der Waals surface area contributed by atoms with Crippen molar-refractivity contribution in [2.75, 3.05) is 18.5 Å². The highest BCUT2D eigenvalue weighted by Gasteiger charge is 2.23. The van der Waals surface area contributed by atoms with Gasteiger partial charge in [-0.2, -0.15) is 0 Å². The van der Waals surface area contributed by atoms with Crippen LogP contribution in [0.25, 0.3) is 0 Å². The van der Waals surface area contributed by atoms with Crippen molar-refractivity contribution in [2.45, 2.75) is 46.6 Å². The van der Waals surface area contributed by atoms with Gasteiger partial charge < -0.3 is 14.6 Å². The molecule has 1 aromatic rings. The number of hydrogen-bond donors (Lipinski definition) is 2. The number of nitrogens with one attached hydrogen (secondary N) is 2. The first-order valence-corrected chi connectivity index (χ1v) is 9.29. The van der Waals surface area contributed by atoms with Crippen molar-refractivity contribution in [1.82, 2.24) is 9.88 Å².